The molecule has 8 nitrogen and oxygen atoms in total. The second-order valence-corrected chi connectivity index (χ2v) is 9.53. The van der Waals surface area contributed by atoms with E-state index in [0.29, 0.717) is 23.6 Å². The molecule has 0 radical (unpaired) electrons. The van der Waals surface area contributed by atoms with E-state index in [9.17, 15) is 9.59 Å². The molecule has 0 bridgehead atoms. The zero-order chi connectivity index (χ0) is 21.7. The van der Waals surface area contributed by atoms with E-state index in [-0.39, 0.29) is 17.6 Å². The lowest BCUT2D eigenvalue weighted by atomic mass is 10.0. The van der Waals surface area contributed by atoms with Crippen LogP contribution in [0.1, 0.15) is 42.2 Å². The van der Waals surface area contributed by atoms with Crippen LogP contribution in [0.5, 0.6) is 0 Å². The Kier molecular flexibility index (Phi) is 4.82. The zero-order valence-corrected chi connectivity index (χ0v) is 18.1. The van der Waals surface area contributed by atoms with Crippen molar-refractivity contribution < 1.29 is 4.79 Å². The Morgan fingerprint density at radius 2 is 1.75 bits per heavy atom. The van der Waals surface area contributed by atoms with Crippen molar-refractivity contribution >= 4 is 16.9 Å². The molecule has 1 aromatic carbocycles. The highest BCUT2D eigenvalue weighted by atomic mass is 16.2. The quantitative estimate of drug-likeness (QED) is 0.686. The van der Waals surface area contributed by atoms with Crippen molar-refractivity contribution in [3.05, 3.63) is 59.0 Å². The fourth-order valence-electron chi connectivity index (χ4n) is 6.25. The van der Waals surface area contributed by atoms with E-state index < -0.39 is 0 Å². The molecular formula is C24H28N6O2. The van der Waals surface area contributed by atoms with Gasteiger partial charge in [-0.1, -0.05) is 12.1 Å². The smallest absolute Gasteiger partial charge is 0.326 e. The largest absolute Gasteiger partial charge is 0.337 e. The molecule has 2 aliphatic heterocycles. The summed E-state index contributed by atoms with van der Waals surface area (Å²) in [4.78, 5) is 41.1. The number of fused-ring (bicyclic) bond motifs is 2. The maximum absolute atomic E-state index is 12.7. The van der Waals surface area contributed by atoms with Gasteiger partial charge in [-0.3, -0.25) is 14.3 Å². The van der Waals surface area contributed by atoms with Gasteiger partial charge >= 0.3 is 5.69 Å². The minimum absolute atomic E-state index is 0.00733. The van der Waals surface area contributed by atoms with Crippen LogP contribution < -0.4 is 5.69 Å². The molecule has 4 heterocycles. The summed E-state index contributed by atoms with van der Waals surface area (Å²) in [7, 11) is 0. The van der Waals surface area contributed by atoms with Gasteiger partial charge in [-0.2, -0.15) is 0 Å². The molecule has 2 saturated heterocycles. The van der Waals surface area contributed by atoms with Crippen molar-refractivity contribution in [2.24, 2.45) is 11.8 Å². The molecule has 8 heteroatoms. The Hall–Kier alpha value is -3.00. The van der Waals surface area contributed by atoms with Crippen LogP contribution in [0.4, 0.5) is 0 Å². The minimum atomic E-state index is 0.00733. The molecule has 3 aromatic rings. The van der Waals surface area contributed by atoms with Gasteiger partial charge in [0.1, 0.15) is 5.69 Å². The Bertz CT molecular complexity index is 1170. The lowest BCUT2D eigenvalue weighted by Crippen LogP contribution is -2.42. The number of aromatic nitrogens is 4. The van der Waals surface area contributed by atoms with E-state index in [4.69, 9.17) is 0 Å². The summed E-state index contributed by atoms with van der Waals surface area (Å²) in [6, 6.07) is 8.82. The third kappa shape index (κ3) is 3.33. The van der Waals surface area contributed by atoms with Crippen molar-refractivity contribution in [2.45, 2.75) is 37.8 Å². The minimum Gasteiger partial charge on any atom is -0.337 e. The number of rotatable bonds is 3. The molecule has 166 valence electrons. The number of carbonyl (C=O) groups excluding carboxylic acids is 1. The molecule has 0 spiro atoms. The number of para-hydroxylation sites is 2. The van der Waals surface area contributed by atoms with E-state index in [2.05, 4.69) is 19.9 Å². The van der Waals surface area contributed by atoms with Crippen LogP contribution in [0, 0.1) is 11.8 Å². The highest BCUT2D eigenvalue weighted by Gasteiger charge is 2.44. The molecule has 0 unspecified atom stereocenters. The summed E-state index contributed by atoms with van der Waals surface area (Å²) in [6.07, 6.45) is 9.06. The molecule has 3 aliphatic rings. The van der Waals surface area contributed by atoms with Crippen LogP contribution in [0.2, 0.25) is 0 Å². The number of nitrogens with zero attached hydrogens (tertiary/aromatic N) is 5. The first-order valence-corrected chi connectivity index (χ1v) is 11.7. The topological polar surface area (TPSA) is 87.1 Å². The molecule has 2 aromatic heterocycles. The van der Waals surface area contributed by atoms with Gasteiger partial charge in [-0.25, -0.2) is 9.78 Å². The first-order valence-electron chi connectivity index (χ1n) is 11.7. The molecule has 3 fully saturated rings. The van der Waals surface area contributed by atoms with E-state index >= 15 is 0 Å². The second-order valence-electron chi connectivity index (χ2n) is 9.53. The summed E-state index contributed by atoms with van der Waals surface area (Å²) in [5.41, 5.74) is 2.38. The van der Waals surface area contributed by atoms with Crippen LogP contribution >= 0.6 is 0 Å². The number of hydrogen-bond donors (Lipinski definition) is 1. The van der Waals surface area contributed by atoms with Crippen LogP contribution in [0.25, 0.3) is 11.0 Å². The first kappa shape index (κ1) is 19.7. The van der Waals surface area contributed by atoms with Crippen molar-refractivity contribution in [3.63, 3.8) is 0 Å². The fourth-order valence-corrected chi connectivity index (χ4v) is 6.25. The summed E-state index contributed by atoms with van der Waals surface area (Å²) in [6.45, 7) is 3.72. The first-order chi connectivity index (χ1) is 15.7. The van der Waals surface area contributed by atoms with E-state index in [1.54, 1.807) is 18.6 Å². The third-order valence-corrected chi connectivity index (χ3v) is 7.80. The number of nitrogens with one attached hydrogen (secondary N) is 1. The lowest BCUT2D eigenvalue weighted by Gasteiger charge is -2.37. The summed E-state index contributed by atoms with van der Waals surface area (Å²) < 4.78 is 1.96. The molecule has 1 N–H and O–H groups in total. The molecule has 1 amide bonds. The average Bonchev–Trinajstić information content (AvgIpc) is 3.50. The SMILES string of the molecule is O=C(c1cnccn1)N1C[C@H]2C[C@@H](N3CCC(n4c(=O)[nH]c5ccccc54)CC3)C[C@H]2C1. The van der Waals surface area contributed by atoms with Gasteiger partial charge in [0, 0.05) is 50.7 Å². The predicted octanol–water partition coefficient (Wildman–Crippen LogP) is 2.31. The maximum Gasteiger partial charge on any atom is 0.326 e. The number of H-pyrrole nitrogens is 1. The van der Waals surface area contributed by atoms with Crippen LogP contribution in [-0.2, 0) is 0 Å². The number of carbonyl (C=O) groups is 1. The highest BCUT2D eigenvalue weighted by Crippen LogP contribution is 2.41. The second kappa shape index (κ2) is 7.85. The standard InChI is InChI=1S/C24H28N6O2/c31-23(21-13-25-7-8-26-21)29-14-16-11-19(12-17(16)15-29)28-9-5-18(6-10-28)30-22-4-2-1-3-20(22)27-24(30)32/h1-4,7-8,13,16-19H,5-6,9-12,14-15H2,(H,27,32)/t16-,17+,19-. The van der Waals surface area contributed by atoms with Gasteiger partial charge in [0.05, 0.1) is 17.2 Å². The van der Waals surface area contributed by atoms with E-state index in [0.717, 1.165) is 62.9 Å². The zero-order valence-electron chi connectivity index (χ0n) is 18.1. The molecule has 1 aliphatic carbocycles. The Balaban J connectivity index is 1.07. The average molecular weight is 433 g/mol. The molecule has 1 saturated carbocycles. The Labute approximate surface area is 186 Å². The summed E-state index contributed by atoms with van der Waals surface area (Å²) in [5, 5.41) is 0. The number of amides is 1. The van der Waals surface area contributed by atoms with Crippen molar-refractivity contribution in [3.8, 4) is 0 Å². The van der Waals surface area contributed by atoms with Gasteiger partial charge < -0.3 is 14.8 Å². The van der Waals surface area contributed by atoms with Gasteiger partial charge in [-0.05, 0) is 49.7 Å². The normalized spacial score (nSPS) is 26.6. The Morgan fingerprint density at radius 1 is 1.00 bits per heavy atom. The van der Waals surface area contributed by atoms with E-state index in [1.807, 2.05) is 33.7 Å². The number of aromatic amines is 1. The van der Waals surface area contributed by atoms with Gasteiger partial charge in [0.2, 0.25) is 0 Å². The number of piperidine rings is 1. The summed E-state index contributed by atoms with van der Waals surface area (Å²) >= 11 is 0. The third-order valence-electron chi connectivity index (χ3n) is 7.80. The van der Waals surface area contributed by atoms with Gasteiger partial charge in [0.15, 0.2) is 0 Å². The number of likely N-dealkylation sites (tertiary alicyclic amines) is 2. The van der Waals surface area contributed by atoms with Crippen LogP contribution in [0.3, 0.4) is 0 Å². The lowest BCUT2D eigenvalue weighted by molar-refractivity contribution is 0.0759. The fraction of sp³-hybridized carbons (Fsp3) is 0.500. The Morgan fingerprint density at radius 3 is 2.47 bits per heavy atom. The van der Waals surface area contributed by atoms with Crippen molar-refractivity contribution in [2.75, 3.05) is 26.2 Å². The van der Waals surface area contributed by atoms with Gasteiger partial charge in [0.25, 0.3) is 5.91 Å². The molecule has 6 rings (SSSR count). The molecule has 32 heavy (non-hydrogen) atoms. The van der Waals surface area contributed by atoms with Crippen molar-refractivity contribution in [1.82, 2.24) is 29.3 Å². The number of imidazole rings is 1. The monoisotopic (exact) mass is 432 g/mol. The van der Waals surface area contributed by atoms with Crippen LogP contribution in [0.15, 0.2) is 47.7 Å². The number of benzene rings is 1. The molecular weight excluding hydrogens is 404 g/mol. The predicted molar refractivity (Wildman–Crippen MR) is 120 cm³/mol. The molecule has 3 atom stereocenters. The van der Waals surface area contributed by atoms with E-state index in [1.165, 1.54) is 0 Å². The maximum atomic E-state index is 12.7. The highest BCUT2D eigenvalue weighted by molar-refractivity contribution is 5.92. The van der Waals surface area contributed by atoms with Crippen molar-refractivity contribution in [1.29, 1.82) is 0 Å². The van der Waals surface area contributed by atoms with Gasteiger partial charge in [-0.15, -0.1) is 0 Å². The number of hydrogen-bond acceptors (Lipinski definition) is 5. The van der Waals surface area contributed by atoms with Crippen LogP contribution in [-0.4, -0.2) is 67.4 Å². The summed E-state index contributed by atoms with van der Waals surface area (Å²) in [5.74, 6) is 1.16.